The molecule has 2 heterocycles. The Morgan fingerprint density at radius 2 is 1.91 bits per heavy atom. The van der Waals surface area contributed by atoms with Crippen LogP contribution < -0.4 is 0 Å². The predicted molar refractivity (Wildman–Crippen MR) is 79.9 cm³/mol. The minimum atomic E-state index is -1.01. The van der Waals surface area contributed by atoms with Gasteiger partial charge in [-0.1, -0.05) is 0 Å². The van der Waals surface area contributed by atoms with Gasteiger partial charge < -0.3 is 14.7 Å². The van der Waals surface area contributed by atoms with Crippen molar-refractivity contribution in [1.29, 1.82) is 0 Å². The molecule has 0 unspecified atom stereocenters. The van der Waals surface area contributed by atoms with E-state index in [4.69, 9.17) is 4.74 Å². The van der Waals surface area contributed by atoms with Gasteiger partial charge in [0.1, 0.15) is 5.60 Å². The van der Waals surface area contributed by atoms with Gasteiger partial charge in [0, 0.05) is 31.9 Å². The molecule has 1 aliphatic heterocycles. The summed E-state index contributed by atoms with van der Waals surface area (Å²) in [6, 6.07) is 0. The van der Waals surface area contributed by atoms with E-state index in [2.05, 4.69) is 5.10 Å². The molecule has 1 fully saturated rings. The number of hydrogen-bond donors (Lipinski definition) is 1. The maximum absolute atomic E-state index is 12.0. The molecule has 22 heavy (non-hydrogen) atoms. The van der Waals surface area contributed by atoms with E-state index in [0.717, 1.165) is 5.56 Å². The molecule has 1 aliphatic rings. The highest BCUT2D eigenvalue weighted by Crippen LogP contribution is 2.30. The van der Waals surface area contributed by atoms with Gasteiger partial charge in [-0.25, -0.2) is 9.59 Å². The summed E-state index contributed by atoms with van der Waals surface area (Å²) in [6.07, 6.45) is 2.88. The minimum absolute atomic E-state index is 0.109. The Hall–Kier alpha value is -2.05. The van der Waals surface area contributed by atoms with Crippen LogP contribution in [0, 0.1) is 0 Å². The summed E-state index contributed by atoms with van der Waals surface area (Å²) in [5.74, 6) is -0.899. The Bertz CT molecular complexity index is 566. The Labute approximate surface area is 129 Å². The number of likely N-dealkylation sites (tertiary alicyclic amines) is 1. The van der Waals surface area contributed by atoms with E-state index in [9.17, 15) is 14.7 Å². The highest BCUT2D eigenvalue weighted by molar-refractivity contribution is 5.87. The topological polar surface area (TPSA) is 84.7 Å². The lowest BCUT2D eigenvalue weighted by molar-refractivity contribution is 0.0204. The highest BCUT2D eigenvalue weighted by Gasteiger charge is 2.30. The number of rotatable bonds is 2. The SMILES string of the molecule is Cn1cc(C2CCN(C(=O)OC(C)(C)C)CC2)c(C(=O)O)n1. The molecular formula is C15H23N3O4. The average Bonchev–Trinajstić information content (AvgIpc) is 2.79. The number of amides is 1. The fraction of sp³-hybridized carbons (Fsp3) is 0.667. The van der Waals surface area contributed by atoms with Gasteiger partial charge in [-0.15, -0.1) is 0 Å². The maximum Gasteiger partial charge on any atom is 0.410 e. The van der Waals surface area contributed by atoms with Gasteiger partial charge >= 0.3 is 12.1 Å². The summed E-state index contributed by atoms with van der Waals surface area (Å²) >= 11 is 0. The molecule has 0 aromatic carbocycles. The fourth-order valence-corrected chi connectivity index (χ4v) is 2.67. The van der Waals surface area contributed by atoms with Gasteiger partial charge in [0.25, 0.3) is 0 Å². The summed E-state index contributed by atoms with van der Waals surface area (Å²) < 4.78 is 6.89. The van der Waals surface area contributed by atoms with Crippen molar-refractivity contribution in [2.75, 3.05) is 13.1 Å². The molecule has 1 saturated heterocycles. The Morgan fingerprint density at radius 1 is 1.32 bits per heavy atom. The average molecular weight is 309 g/mol. The largest absolute Gasteiger partial charge is 0.476 e. The normalized spacial score (nSPS) is 16.6. The van der Waals surface area contributed by atoms with Gasteiger partial charge in [-0.05, 0) is 39.5 Å². The lowest BCUT2D eigenvalue weighted by atomic mass is 9.90. The first-order chi connectivity index (χ1) is 10.2. The molecule has 122 valence electrons. The second kappa shape index (κ2) is 5.98. The van der Waals surface area contributed by atoms with Crippen molar-refractivity contribution in [2.24, 2.45) is 7.05 Å². The number of carbonyl (C=O) groups excluding carboxylic acids is 1. The van der Waals surface area contributed by atoms with Crippen LogP contribution >= 0.6 is 0 Å². The number of nitrogens with zero attached hydrogens (tertiary/aromatic N) is 3. The molecule has 1 amide bonds. The molecule has 1 aromatic rings. The molecule has 1 N–H and O–H groups in total. The third-order valence-corrected chi connectivity index (χ3v) is 3.65. The van der Waals surface area contributed by atoms with Crippen molar-refractivity contribution in [1.82, 2.24) is 14.7 Å². The third kappa shape index (κ3) is 3.78. The number of ether oxygens (including phenoxy) is 1. The van der Waals surface area contributed by atoms with E-state index in [0.29, 0.717) is 25.9 Å². The van der Waals surface area contributed by atoms with Crippen molar-refractivity contribution in [3.63, 3.8) is 0 Å². The molecular weight excluding hydrogens is 286 g/mol. The summed E-state index contributed by atoms with van der Waals surface area (Å²) in [5, 5.41) is 13.2. The molecule has 0 atom stereocenters. The first kappa shape index (κ1) is 16.3. The second-order valence-corrected chi connectivity index (χ2v) is 6.65. The predicted octanol–water partition coefficient (Wildman–Crippen LogP) is 2.23. The van der Waals surface area contributed by atoms with Crippen LogP contribution in [0.4, 0.5) is 4.79 Å². The van der Waals surface area contributed by atoms with Gasteiger partial charge in [0.2, 0.25) is 0 Å². The lowest BCUT2D eigenvalue weighted by Gasteiger charge is -2.33. The molecule has 1 aromatic heterocycles. The van der Waals surface area contributed by atoms with Crippen molar-refractivity contribution in [3.8, 4) is 0 Å². The smallest absolute Gasteiger partial charge is 0.410 e. The fourth-order valence-electron chi connectivity index (χ4n) is 2.67. The number of aromatic nitrogens is 2. The van der Waals surface area contributed by atoms with Crippen LogP contribution in [0.25, 0.3) is 0 Å². The number of carboxylic acids is 1. The van der Waals surface area contributed by atoms with Crippen LogP contribution in [0.3, 0.4) is 0 Å². The highest BCUT2D eigenvalue weighted by atomic mass is 16.6. The zero-order valence-corrected chi connectivity index (χ0v) is 13.5. The molecule has 7 heteroatoms. The quantitative estimate of drug-likeness (QED) is 0.905. The van der Waals surface area contributed by atoms with Crippen LogP contribution in [0.1, 0.15) is 55.6 Å². The number of hydrogen-bond acceptors (Lipinski definition) is 4. The van der Waals surface area contributed by atoms with Crippen molar-refractivity contribution >= 4 is 12.1 Å². The summed E-state index contributed by atoms with van der Waals surface area (Å²) in [4.78, 5) is 25.0. The van der Waals surface area contributed by atoms with Crippen LogP contribution in [0.15, 0.2) is 6.20 Å². The second-order valence-electron chi connectivity index (χ2n) is 6.65. The Kier molecular flexibility index (Phi) is 4.44. The van der Waals surface area contributed by atoms with Gasteiger partial charge in [0.05, 0.1) is 0 Å². The summed E-state index contributed by atoms with van der Waals surface area (Å²) in [7, 11) is 1.71. The van der Waals surface area contributed by atoms with E-state index in [1.165, 1.54) is 4.68 Å². The zero-order chi connectivity index (χ0) is 16.5. The zero-order valence-electron chi connectivity index (χ0n) is 13.5. The standard InChI is InChI=1S/C15H23N3O4/c1-15(2,3)22-14(21)18-7-5-10(6-8-18)11-9-17(4)16-12(11)13(19)20/h9-10H,5-8H2,1-4H3,(H,19,20). The molecule has 0 bridgehead atoms. The van der Waals surface area contributed by atoms with Crippen LogP contribution in [-0.2, 0) is 11.8 Å². The number of aryl methyl sites for hydroxylation is 1. The molecule has 2 rings (SSSR count). The van der Waals surface area contributed by atoms with Gasteiger partial charge in [-0.3, -0.25) is 4.68 Å². The number of carbonyl (C=O) groups is 2. The third-order valence-electron chi connectivity index (χ3n) is 3.65. The molecule has 0 aliphatic carbocycles. The Morgan fingerprint density at radius 3 is 2.41 bits per heavy atom. The monoisotopic (exact) mass is 309 g/mol. The van der Waals surface area contributed by atoms with Gasteiger partial charge in [-0.2, -0.15) is 5.10 Å². The number of carboxylic acid groups (broad SMARTS) is 1. The summed E-state index contributed by atoms with van der Waals surface area (Å²) in [6.45, 7) is 6.65. The molecule has 0 saturated carbocycles. The molecule has 0 radical (unpaired) electrons. The minimum Gasteiger partial charge on any atom is -0.476 e. The van der Waals surface area contributed by atoms with E-state index in [-0.39, 0.29) is 17.7 Å². The van der Waals surface area contributed by atoms with Crippen molar-refractivity contribution in [2.45, 2.75) is 45.1 Å². The van der Waals surface area contributed by atoms with Gasteiger partial charge in [0.15, 0.2) is 5.69 Å². The molecule has 0 spiro atoms. The first-order valence-corrected chi connectivity index (χ1v) is 7.42. The first-order valence-electron chi connectivity index (χ1n) is 7.42. The van der Waals surface area contributed by atoms with Crippen LogP contribution in [-0.4, -0.2) is 50.5 Å². The van der Waals surface area contributed by atoms with E-state index < -0.39 is 11.6 Å². The number of aromatic carboxylic acids is 1. The molecule has 7 nitrogen and oxygen atoms in total. The van der Waals surface area contributed by atoms with E-state index in [1.807, 2.05) is 20.8 Å². The van der Waals surface area contributed by atoms with Crippen molar-refractivity contribution in [3.05, 3.63) is 17.5 Å². The summed E-state index contributed by atoms with van der Waals surface area (Å²) in [5.41, 5.74) is 0.352. The maximum atomic E-state index is 12.0. The Balaban J connectivity index is 2.01. The van der Waals surface area contributed by atoms with Crippen LogP contribution in [0.5, 0.6) is 0 Å². The van der Waals surface area contributed by atoms with E-state index >= 15 is 0 Å². The lowest BCUT2D eigenvalue weighted by Crippen LogP contribution is -2.41. The van der Waals surface area contributed by atoms with Crippen molar-refractivity contribution < 1.29 is 19.4 Å². The van der Waals surface area contributed by atoms with E-state index in [1.54, 1.807) is 18.1 Å². The number of piperidine rings is 1. The van der Waals surface area contributed by atoms with Crippen LogP contribution in [0.2, 0.25) is 0 Å².